The highest BCUT2D eigenvalue weighted by Gasteiger charge is 2.35. The molecule has 6 heteroatoms. The Balaban J connectivity index is 1.49. The van der Waals surface area contributed by atoms with E-state index in [4.69, 9.17) is 9.47 Å². The van der Waals surface area contributed by atoms with Crippen molar-refractivity contribution in [3.8, 4) is 11.5 Å². The first kappa shape index (κ1) is 18.5. The molecular formula is C22H24N2O4. The fourth-order valence-corrected chi connectivity index (χ4v) is 4.17. The van der Waals surface area contributed by atoms with Crippen LogP contribution in [0, 0.1) is 0 Å². The van der Waals surface area contributed by atoms with Gasteiger partial charge in [0.15, 0.2) is 11.5 Å². The molecule has 6 nitrogen and oxygen atoms in total. The first-order chi connectivity index (χ1) is 13.5. The van der Waals surface area contributed by atoms with Crippen molar-refractivity contribution in [3.63, 3.8) is 0 Å². The number of nitrogens with zero attached hydrogens (tertiary/aromatic N) is 2. The lowest BCUT2D eigenvalue weighted by molar-refractivity contribution is 0.0623. The summed E-state index contributed by atoms with van der Waals surface area (Å²) in [6, 6.07) is 11.3. The molecule has 0 spiro atoms. The second-order valence-corrected chi connectivity index (χ2v) is 7.18. The number of hydrogen-bond donors (Lipinski definition) is 0. The van der Waals surface area contributed by atoms with Crippen molar-refractivity contribution in [1.82, 2.24) is 9.80 Å². The quantitative estimate of drug-likeness (QED) is 0.747. The average Bonchev–Trinajstić information content (AvgIpc) is 2.97. The summed E-state index contributed by atoms with van der Waals surface area (Å²) < 4.78 is 10.9. The van der Waals surface area contributed by atoms with Gasteiger partial charge in [-0.1, -0.05) is 12.1 Å². The topological polar surface area (TPSA) is 59.1 Å². The molecule has 0 saturated carbocycles. The number of carbonyl (C=O) groups excluding carboxylic acids is 2. The molecule has 2 aromatic carbocycles. The lowest BCUT2D eigenvalue weighted by atomic mass is 9.93. The van der Waals surface area contributed by atoms with Gasteiger partial charge in [-0.3, -0.25) is 19.4 Å². The lowest BCUT2D eigenvalue weighted by Crippen LogP contribution is -2.41. The van der Waals surface area contributed by atoms with Gasteiger partial charge >= 0.3 is 0 Å². The van der Waals surface area contributed by atoms with Gasteiger partial charge in [-0.15, -0.1) is 0 Å². The Labute approximate surface area is 164 Å². The monoisotopic (exact) mass is 380 g/mol. The highest BCUT2D eigenvalue weighted by atomic mass is 16.5. The van der Waals surface area contributed by atoms with E-state index < -0.39 is 0 Å². The minimum Gasteiger partial charge on any atom is -0.493 e. The smallest absolute Gasteiger partial charge is 0.261 e. The van der Waals surface area contributed by atoms with Crippen molar-refractivity contribution in [2.24, 2.45) is 0 Å². The van der Waals surface area contributed by atoms with Gasteiger partial charge in [-0.2, -0.15) is 0 Å². The molecule has 2 aliphatic rings. The summed E-state index contributed by atoms with van der Waals surface area (Å²) in [6.07, 6.45) is 0.891. The molecule has 2 amide bonds. The summed E-state index contributed by atoms with van der Waals surface area (Å²) >= 11 is 0. The molecule has 0 bridgehead atoms. The predicted octanol–water partition coefficient (Wildman–Crippen LogP) is 2.92. The maximum absolute atomic E-state index is 12.6. The maximum atomic E-state index is 12.6. The molecule has 2 aromatic rings. The van der Waals surface area contributed by atoms with Gasteiger partial charge in [-0.05, 0) is 48.7 Å². The molecule has 0 fully saturated rings. The van der Waals surface area contributed by atoms with Gasteiger partial charge in [0, 0.05) is 25.7 Å². The van der Waals surface area contributed by atoms with Crippen molar-refractivity contribution < 1.29 is 19.1 Å². The molecule has 146 valence electrons. The van der Waals surface area contributed by atoms with E-state index in [0.29, 0.717) is 24.2 Å². The zero-order valence-corrected chi connectivity index (χ0v) is 16.4. The summed E-state index contributed by atoms with van der Waals surface area (Å²) in [5.41, 5.74) is 3.45. The van der Waals surface area contributed by atoms with Crippen molar-refractivity contribution >= 4 is 11.8 Å². The lowest BCUT2D eigenvalue weighted by Gasteiger charge is -2.36. The van der Waals surface area contributed by atoms with Crippen molar-refractivity contribution in [2.45, 2.75) is 19.4 Å². The number of fused-ring (bicyclic) bond motifs is 2. The molecule has 0 radical (unpaired) electrons. The summed E-state index contributed by atoms with van der Waals surface area (Å²) in [7, 11) is 3.28. The highest BCUT2D eigenvalue weighted by Crippen LogP contribution is 2.37. The number of rotatable bonds is 5. The van der Waals surface area contributed by atoms with E-state index in [9.17, 15) is 9.59 Å². The van der Waals surface area contributed by atoms with Crippen LogP contribution in [-0.4, -0.2) is 55.5 Å². The van der Waals surface area contributed by atoms with Gasteiger partial charge < -0.3 is 9.47 Å². The molecule has 28 heavy (non-hydrogen) atoms. The molecule has 4 rings (SSSR count). The Morgan fingerprint density at radius 1 is 0.964 bits per heavy atom. The first-order valence-corrected chi connectivity index (χ1v) is 9.49. The number of ether oxygens (including phenoxy) is 2. The van der Waals surface area contributed by atoms with E-state index in [2.05, 4.69) is 11.8 Å². The Morgan fingerprint density at radius 3 is 2.18 bits per heavy atom. The number of carbonyl (C=O) groups is 2. The standard InChI is InChI=1S/C22H24N2O4/c1-14-18-13-20(28-3)19(27-2)12-15(18)8-9-23(14)10-11-24-21(25)16-6-4-5-7-17(16)22(24)26/h4-7,12-14H,8-11H2,1-3H3/t14-/m1/s1. The van der Waals surface area contributed by atoms with Crippen LogP contribution < -0.4 is 9.47 Å². The van der Waals surface area contributed by atoms with Crippen LogP contribution in [0.4, 0.5) is 0 Å². The average molecular weight is 380 g/mol. The third-order valence-electron chi connectivity index (χ3n) is 5.80. The SMILES string of the molecule is COc1cc2c(cc1OC)[C@@H](C)N(CCN1C(=O)c3ccccc3C1=O)CC2. The van der Waals surface area contributed by atoms with Crippen LogP contribution in [0.25, 0.3) is 0 Å². The molecule has 0 aliphatic carbocycles. The highest BCUT2D eigenvalue weighted by molar-refractivity contribution is 6.21. The second kappa shape index (κ2) is 7.28. The molecule has 0 unspecified atom stereocenters. The Kier molecular flexibility index (Phi) is 4.81. The van der Waals surface area contributed by atoms with E-state index in [1.54, 1.807) is 38.5 Å². The van der Waals surface area contributed by atoms with Gasteiger partial charge in [-0.25, -0.2) is 0 Å². The maximum Gasteiger partial charge on any atom is 0.261 e. The molecular weight excluding hydrogens is 356 g/mol. The van der Waals surface area contributed by atoms with E-state index in [0.717, 1.165) is 24.5 Å². The molecule has 0 N–H and O–H groups in total. The number of imide groups is 1. The van der Waals surface area contributed by atoms with E-state index >= 15 is 0 Å². The van der Waals surface area contributed by atoms with Gasteiger partial charge in [0.25, 0.3) is 11.8 Å². The van der Waals surface area contributed by atoms with E-state index in [1.807, 2.05) is 12.1 Å². The van der Waals surface area contributed by atoms with Crippen LogP contribution in [0.1, 0.15) is 44.8 Å². The molecule has 2 aliphatic heterocycles. The Morgan fingerprint density at radius 2 is 1.57 bits per heavy atom. The van der Waals surface area contributed by atoms with Crippen LogP contribution in [0.5, 0.6) is 11.5 Å². The van der Waals surface area contributed by atoms with Crippen LogP contribution in [0.2, 0.25) is 0 Å². The van der Waals surface area contributed by atoms with Crippen molar-refractivity contribution in [1.29, 1.82) is 0 Å². The Bertz CT molecular complexity index is 905. The fraction of sp³-hybridized carbons (Fsp3) is 0.364. The third-order valence-corrected chi connectivity index (χ3v) is 5.80. The van der Waals surface area contributed by atoms with Crippen molar-refractivity contribution in [2.75, 3.05) is 33.9 Å². The number of benzene rings is 2. The fourth-order valence-electron chi connectivity index (χ4n) is 4.17. The summed E-state index contributed by atoms with van der Waals surface area (Å²) in [6.45, 7) is 4.04. The zero-order chi connectivity index (χ0) is 19.8. The molecule has 0 aromatic heterocycles. The largest absolute Gasteiger partial charge is 0.493 e. The van der Waals surface area contributed by atoms with Crippen molar-refractivity contribution in [3.05, 3.63) is 58.7 Å². The predicted molar refractivity (Wildman–Crippen MR) is 105 cm³/mol. The number of amides is 2. The summed E-state index contributed by atoms with van der Waals surface area (Å²) in [4.78, 5) is 28.8. The summed E-state index contributed by atoms with van der Waals surface area (Å²) in [5, 5.41) is 0. The van der Waals surface area contributed by atoms with Gasteiger partial charge in [0.2, 0.25) is 0 Å². The minimum atomic E-state index is -0.197. The molecule has 0 saturated heterocycles. The zero-order valence-electron chi connectivity index (χ0n) is 16.4. The van der Waals surface area contributed by atoms with E-state index in [-0.39, 0.29) is 17.9 Å². The van der Waals surface area contributed by atoms with Gasteiger partial charge in [0.1, 0.15) is 0 Å². The third kappa shape index (κ3) is 2.94. The minimum absolute atomic E-state index is 0.165. The molecule has 1 atom stereocenters. The van der Waals surface area contributed by atoms with E-state index in [1.165, 1.54) is 16.0 Å². The number of methoxy groups -OCH3 is 2. The second-order valence-electron chi connectivity index (χ2n) is 7.18. The first-order valence-electron chi connectivity index (χ1n) is 9.49. The van der Waals surface area contributed by atoms with Gasteiger partial charge in [0.05, 0.1) is 25.3 Å². The van der Waals surface area contributed by atoms with Crippen LogP contribution in [0.3, 0.4) is 0 Å². The van der Waals surface area contributed by atoms with Crippen LogP contribution in [-0.2, 0) is 6.42 Å². The normalized spacial score (nSPS) is 18.8. The Hall–Kier alpha value is -2.86. The summed E-state index contributed by atoms with van der Waals surface area (Å²) in [5.74, 6) is 1.07. The molecule has 2 heterocycles. The van der Waals surface area contributed by atoms with Crippen LogP contribution >= 0.6 is 0 Å². The number of hydrogen-bond acceptors (Lipinski definition) is 5. The van der Waals surface area contributed by atoms with Crippen LogP contribution in [0.15, 0.2) is 36.4 Å².